The first-order chi connectivity index (χ1) is 14.8. The summed E-state index contributed by atoms with van der Waals surface area (Å²) in [4.78, 5) is 12.5. The van der Waals surface area contributed by atoms with E-state index in [9.17, 15) is 22.0 Å². The summed E-state index contributed by atoms with van der Waals surface area (Å²) in [7, 11) is -2.14. The Kier molecular flexibility index (Phi) is 7.45. The zero-order valence-corrected chi connectivity index (χ0v) is 17.7. The van der Waals surface area contributed by atoms with Gasteiger partial charge in [-0.2, -0.15) is 13.1 Å². The van der Waals surface area contributed by atoms with Crippen LogP contribution in [0.3, 0.4) is 0 Å². The molecule has 1 heterocycles. The number of methoxy groups -OCH3 is 1. The molecule has 1 aliphatic heterocycles. The molecule has 0 N–H and O–H groups in total. The number of ether oxygens (including phenoxy) is 3. The summed E-state index contributed by atoms with van der Waals surface area (Å²) in [6.45, 7) is -2.47. The second-order valence-corrected chi connectivity index (χ2v) is 8.92. The molecule has 0 saturated carbocycles. The smallest absolute Gasteiger partial charge is 0.387 e. The van der Waals surface area contributed by atoms with Crippen molar-refractivity contribution >= 4 is 16.0 Å². The lowest BCUT2D eigenvalue weighted by atomic mass is 9.98. The Balaban J connectivity index is 1.50. The highest BCUT2D eigenvalue weighted by Crippen LogP contribution is 2.26. The number of rotatable bonds is 8. The van der Waals surface area contributed by atoms with E-state index >= 15 is 0 Å². The summed E-state index contributed by atoms with van der Waals surface area (Å²) in [6.07, 6.45) is 0.713. The van der Waals surface area contributed by atoms with Crippen molar-refractivity contribution in [2.24, 2.45) is 5.92 Å². The molecule has 0 atom stereocenters. The minimum Gasteiger partial charge on any atom is -0.497 e. The number of piperidine rings is 1. The van der Waals surface area contributed by atoms with Gasteiger partial charge in [0.25, 0.3) is 0 Å². The maximum Gasteiger partial charge on any atom is 0.387 e. The van der Waals surface area contributed by atoms with Crippen molar-refractivity contribution in [1.29, 1.82) is 0 Å². The lowest BCUT2D eigenvalue weighted by Gasteiger charge is -2.30. The fourth-order valence-corrected chi connectivity index (χ4v) is 4.74. The first-order valence-corrected chi connectivity index (χ1v) is 11.1. The predicted molar refractivity (Wildman–Crippen MR) is 107 cm³/mol. The molecule has 0 spiro atoms. The molecule has 0 amide bonds. The number of benzene rings is 2. The lowest BCUT2D eigenvalue weighted by Crippen LogP contribution is -2.40. The molecular weight excluding hydrogens is 432 g/mol. The minimum atomic E-state index is -3.64. The highest BCUT2D eigenvalue weighted by Gasteiger charge is 2.32. The van der Waals surface area contributed by atoms with Crippen molar-refractivity contribution in [1.82, 2.24) is 4.31 Å². The van der Waals surface area contributed by atoms with Gasteiger partial charge in [-0.15, -0.1) is 0 Å². The first-order valence-electron chi connectivity index (χ1n) is 9.64. The number of hydrogen-bond acceptors (Lipinski definition) is 6. The van der Waals surface area contributed by atoms with E-state index in [1.54, 1.807) is 12.1 Å². The van der Waals surface area contributed by atoms with Crippen LogP contribution in [0.15, 0.2) is 53.4 Å². The van der Waals surface area contributed by atoms with Gasteiger partial charge >= 0.3 is 12.6 Å². The lowest BCUT2D eigenvalue weighted by molar-refractivity contribution is -0.151. The third-order valence-electron chi connectivity index (χ3n) is 5.01. The van der Waals surface area contributed by atoms with E-state index < -0.39 is 28.5 Å². The van der Waals surface area contributed by atoms with E-state index in [0.29, 0.717) is 24.2 Å². The monoisotopic (exact) mass is 455 g/mol. The molecule has 7 nitrogen and oxygen atoms in total. The fourth-order valence-electron chi connectivity index (χ4n) is 3.27. The maximum absolute atomic E-state index is 12.8. The van der Waals surface area contributed by atoms with Gasteiger partial charge in [-0.3, -0.25) is 4.79 Å². The molecule has 0 aliphatic carbocycles. The van der Waals surface area contributed by atoms with Gasteiger partial charge in [-0.25, -0.2) is 8.42 Å². The summed E-state index contributed by atoms with van der Waals surface area (Å²) >= 11 is 0. The van der Waals surface area contributed by atoms with Crippen molar-refractivity contribution in [3.05, 3.63) is 54.1 Å². The van der Waals surface area contributed by atoms with Crippen LogP contribution < -0.4 is 9.47 Å². The second-order valence-electron chi connectivity index (χ2n) is 6.98. The number of esters is 1. The van der Waals surface area contributed by atoms with E-state index in [1.807, 2.05) is 0 Å². The molecule has 2 aromatic carbocycles. The van der Waals surface area contributed by atoms with E-state index in [2.05, 4.69) is 4.74 Å². The molecule has 3 rings (SSSR count). The van der Waals surface area contributed by atoms with Crippen LogP contribution in [0.4, 0.5) is 8.78 Å². The van der Waals surface area contributed by atoms with Crippen molar-refractivity contribution in [2.45, 2.75) is 31.0 Å². The SMILES string of the molecule is COc1ccc(S(=O)(=O)N2CCC(C(=O)OCc3ccc(OC(F)F)cc3)CC2)cc1. The van der Waals surface area contributed by atoms with Crippen molar-refractivity contribution in [3.8, 4) is 11.5 Å². The normalized spacial score (nSPS) is 15.6. The highest BCUT2D eigenvalue weighted by molar-refractivity contribution is 7.89. The Bertz CT molecular complexity index is 972. The molecule has 168 valence electrons. The molecule has 1 aliphatic rings. The third kappa shape index (κ3) is 5.92. The van der Waals surface area contributed by atoms with Crippen LogP contribution in [0.2, 0.25) is 0 Å². The van der Waals surface area contributed by atoms with Crippen molar-refractivity contribution in [2.75, 3.05) is 20.2 Å². The van der Waals surface area contributed by atoms with E-state index in [0.717, 1.165) is 0 Å². The van der Waals surface area contributed by atoms with Gasteiger partial charge < -0.3 is 14.2 Å². The minimum absolute atomic E-state index is 0.00183. The van der Waals surface area contributed by atoms with Gasteiger partial charge in [0.05, 0.1) is 17.9 Å². The van der Waals surface area contributed by atoms with Crippen molar-refractivity contribution in [3.63, 3.8) is 0 Å². The molecule has 2 aromatic rings. The van der Waals surface area contributed by atoms with Crippen LogP contribution in [-0.2, 0) is 26.2 Å². The standard InChI is InChI=1S/C21H23F2NO6S/c1-28-17-6-8-19(9-7-17)31(26,27)24-12-10-16(11-13-24)20(25)29-14-15-2-4-18(5-3-15)30-21(22)23/h2-9,16,21H,10-14H2,1H3. The van der Waals surface area contributed by atoms with Gasteiger partial charge in [0.2, 0.25) is 10.0 Å². The summed E-state index contributed by atoms with van der Waals surface area (Å²) in [6, 6.07) is 12.0. The molecule has 10 heteroatoms. The van der Waals surface area contributed by atoms with Gasteiger partial charge in [0, 0.05) is 13.1 Å². The predicted octanol–water partition coefficient (Wildman–Crippen LogP) is 3.44. The number of carbonyl (C=O) groups is 1. The van der Waals surface area contributed by atoms with E-state index in [1.165, 1.54) is 47.8 Å². The second kappa shape index (κ2) is 10.1. The molecule has 0 radical (unpaired) electrons. The topological polar surface area (TPSA) is 82.1 Å². The van der Waals surface area contributed by atoms with Gasteiger partial charge in [0.15, 0.2) is 0 Å². The number of carbonyl (C=O) groups excluding carboxylic acids is 1. The van der Waals surface area contributed by atoms with E-state index in [4.69, 9.17) is 9.47 Å². The molecule has 0 unspecified atom stereocenters. The largest absolute Gasteiger partial charge is 0.497 e. The Labute approximate surface area is 179 Å². The number of alkyl halides is 2. The zero-order valence-electron chi connectivity index (χ0n) is 16.9. The fraction of sp³-hybridized carbons (Fsp3) is 0.381. The Hall–Kier alpha value is -2.72. The van der Waals surface area contributed by atoms with Gasteiger partial charge in [0.1, 0.15) is 18.1 Å². The van der Waals surface area contributed by atoms with Crippen LogP contribution >= 0.6 is 0 Å². The Morgan fingerprint density at radius 3 is 2.16 bits per heavy atom. The molecule has 1 fully saturated rings. The Morgan fingerprint density at radius 1 is 1.03 bits per heavy atom. The Morgan fingerprint density at radius 2 is 1.61 bits per heavy atom. The van der Waals surface area contributed by atoms with Crippen LogP contribution in [0.5, 0.6) is 11.5 Å². The highest BCUT2D eigenvalue weighted by atomic mass is 32.2. The van der Waals surface area contributed by atoms with Crippen LogP contribution in [0.25, 0.3) is 0 Å². The van der Waals surface area contributed by atoms with E-state index in [-0.39, 0.29) is 30.3 Å². The number of nitrogens with zero attached hydrogens (tertiary/aromatic N) is 1. The van der Waals surface area contributed by atoms with Crippen molar-refractivity contribution < 1.29 is 36.2 Å². The van der Waals surface area contributed by atoms with Gasteiger partial charge in [-0.1, -0.05) is 12.1 Å². The summed E-state index contributed by atoms with van der Waals surface area (Å²) in [5, 5.41) is 0. The first kappa shape index (κ1) is 23.0. The summed E-state index contributed by atoms with van der Waals surface area (Å²) in [5.41, 5.74) is 0.634. The summed E-state index contributed by atoms with van der Waals surface area (Å²) in [5.74, 6) is -0.217. The van der Waals surface area contributed by atoms with Crippen LogP contribution in [0.1, 0.15) is 18.4 Å². The van der Waals surface area contributed by atoms with Crippen LogP contribution in [0, 0.1) is 5.92 Å². The number of halogens is 2. The molecule has 1 saturated heterocycles. The van der Waals surface area contributed by atoms with Crippen LogP contribution in [-0.4, -0.2) is 45.5 Å². The quantitative estimate of drug-likeness (QED) is 0.567. The molecular formula is C21H23F2NO6S. The maximum atomic E-state index is 12.8. The number of hydrogen-bond donors (Lipinski definition) is 0. The molecule has 31 heavy (non-hydrogen) atoms. The average Bonchev–Trinajstić information content (AvgIpc) is 2.78. The van der Waals surface area contributed by atoms with Gasteiger partial charge in [-0.05, 0) is 54.8 Å². The zero-order chi connectivity index (χ0) is 22.4. The molecule has 0 bridgehead atoms. The molecule has 0 aromatic heterocycles. The number of sulfonamides is 1. The summed E-state index contributed by atoms with van der Waals surface area (Å²) < 4.78 is 65.9. The third-order valence-corrected chi connectivity index (χ3v) is 6.93. The average molecular weight is 455 g/mol.